The molecular formula is C17H18FN3. The third-order valence-corrected chi connectivity index (χ3v) is 3.29. The Morgan fingerprint density at radius 3 is 2.57 bits per heavy atom. The first-order valence-corrected chi connectivity index (χ1v) is 6.88. The highest BCUT2D eigenvalue weighted by molar-refractivity contribution is 5.67. The van der Waals surface area contributed by atoms with E-state index < -0.39 is 0 Å². The van der Waals surface area contributed by atoms with E-state index in [9.17, 15) is 4.39 Å². The molecule has 21 heavy (non-hydrogen) atoms. The van der Waals surface area contributed by atoms with Gasteiger partial charge in [-0.3, -0.25) is 0 Å². The molecule has 1 atom stereocenters. The highest BCUT2D eigenvalue weighted by atomic mass is 19.1. The Labute approximate surface area is 124 Å². The van der Waals surface area contributed by atoms with Crippen LogP contribution in [0.3, 0.4) is 0 Å². The SMILES string of the molecule is C[C@H](N)c1cc(F)ccc1N(CCC#N)c1ccccc1. The highest BCUT2D eigenvalue weighted by Gasteiger charge is 2.16. The lowest BCUT2D eigenvalue weighted by atomic mass is 10.0. The summed E-state index contributed by atoms with van der Waals surface area (Å²) < 4.78 is 13.5. The first kappa shape index (κ1) is 15.0. The average Bonchev–Trinajstić information content (AvgIpc) is 2.49. The summed E-state index contributed by atoms with van der Waals surface area (Å²) in [5, 5.41) is 8.87. The lowest BCUT2D eigenvalue weighted by Crippen LogP contribution is -2.21. The summed E-state index contributed by atoms with van der Waals surface area (Å²) in [4.78, 5) is 2.00. The maximum absolute atomic E-state index is 13.5. The minimum Gasteiger partial charge on any atom is -0.340 e. The number of benzene rings is 2. The average molecular weight is 283 g/mol. The van der Waals surface area contributed by atoms with E-state index in [0.29, 0.717) is 13.0 Å². The van der Waals surface area contributed by atoms with E-state index in [4.69, 9.17) is 11.0 Å². The molecule has 0 saturated carbocycles. The van der Waals surface area contributed by atoms with E-state index in [1.54, 1.807) is 6.07 Å². The van der Waals surface area contributed by atoms with Crippen LogP contribution in [0.4, 0.5) is 15.8 Å². The minimum atomic E-state index is -0.306. The first-order chi connectivity index (χ1) is 10.1. The molecule has 0 unspecified atom stereocenters. The Balaban J connectivity index is 2.49. The molecule has 0 aliphatic rings. The van der Waals surface area contributed by atoms with Crippen LogP contribution in [0.15, 0.2) is 48.5 Å². The van der Waals surface area contributed by atoms with Crippen molar-refractivity contribution in [3.63, 3.8) is 0 Å². The maximum Gasteiger partial charge on any atom is 0.123 e. The normalized spacial score (nSPS) is 11.7. The zero-order valence-corrected chi connectivity index (χ0v) is 12.0. The predicted octanol–water partition coefficient (Wildman–Crippen LogP) is 3.90. The van der Waals surface area contributed by atoms with Crippen molar-refractivity contribution in [2.45, 2.75) is 19.4 Å². The summed E-state index contributed by atoms with van der Waals surface area (Å²) in [5.41, 5.74) is 8.50. The van der Waals surface area contributed by atoms with Crippen molar-refractivity contribution in [1.29, 1.82) is 5.26 Å². The van der Waals surface area contributed by atoms with Gasteiger partial charge >= 0.3 is 0 Å². The van der Waals surface area contributed by atoms with Gasteiger partial charge in [-0.2, -0.15) is 5.26 Å². The first-order valence-electron chi connectivity index (χ1n) is 6.88. The monoisotopic (exact) mass is 283 g/mol. The third-order valence-electron chi connectivity index (χ3n) is 3.29. The molecule has 0 bridgehead atoms. The van der Waals surface area contributed by atoms with Gasteiger partial charge in [-0.15, -0.1) is 0 Å². The van der Waals surface area contributed by atoms with Crippen LogP contribution in [0.2, 0.25) is 0 Å². The second-order valence-electron chi connectivity index (χ2n) is 4.89. The molecule has 3 nitrogen and oxygen atoms in total. The van der Waals surface area contributed by atoms with E-state index in [2.05, 4.69) is 6.07 Å². The minimum absolute atomic E-state index is 0.288. The van der Waals surface area contributed by atoms with Gasteiger partial charge in [-0.1, -0.05) is 18.2 Å². The molecule has 2 N–H and O–H groups in total. The Morgan fingerprint density at radius 1 is 1.24 bits per heavy atom. The topological polar surface area (TPSA) is 53.0 Å². The van der Waals surface area contributed by atoms with Crippen LogP contribution >= 0.6 is 0 Å². The molecule has 2 rings (SSSR count). The number of anilines is 2. The highest BCUT2D eigenvalue weighted by Crippen LogP contribution is 2.32. The number of rotatable bonds is 5. The molecule has 0 saturated heterocycles. The fraction of sp³-hybridized carbons (Fsp3) is 0.235. The van der Waals surface area contributed by atoms with Crippen molar-refractivity contribution in [1.82, 2.24) is 0 Å². The lowest BCUT2D eigenvalue weighted by molar-refractivity contribution is 0.622. The molecule has 4 heteroatoms. The molecule has 0 aromatic heterocycles. The second kappa shape index (κ2) is 6.87. The van der Waals surface area contributed by atoms with Crippen LogP contribution < -0.4 is 10.6 Å². The number of nitrogens with zero attached hydrogens (tertiary/aromatic N) is 2. The van der Waals surface area contributed by atoms with Gasteiger partial charge in [-0.05, 0) is 42.8 Å². The van der Waals surface area contributed by atoms with Crippen LogP contribution in [0.25, 0.3) is 0 Å². The van der Waals surface area contributed by atoms with E-state index >= 15 is 0 Å². The van der Waals surface area contributed by atoms with Gasteiger partial charge in [0.2, 0.25) is 0 Å². The Kier molecular flexibility index (Phi) is 4.91. The van der Waals surface area contributed by atoms with Gasteiger partial charge in [0.05, 0.1) is 12.5 Å². The number of halogens is 1. The van der Waals surface area contributed by atoms with Crippen LogP contribution in [0, 0.1) is 17.1 Å². The zero-order chi connectivity index (χ0) is 15.2. The van der Waals surface area contributed by atoms with Crippen molar-refractivity contribution in [3.05, 3.63) is 59.9 Å². The van der Waals surface area contributed by atoms with Gasteiger partial charge in [0.1, 0.15) is 5.82 Å². The van der Waals surface area contributed by atoms with E-state index in [1.807, 2.05) is 42.2 Å². The smallest absolute Gasteiger partial charge is 0.123 e. The number of nitrogens with two attached hydrogens (primary N) is 1. The molecule has 0 spiro atoms. The largest absolute Gasteiger partial charge is 0.340 e. The van der Waals surface area contributed by atoms with E-state index in [1.165, 1.54) is 12.1 Å². The van der Waals surface area contributed by atoms with Gasteiger partial charge in [0.25, 0.3) is 0 Å². The summed E-state index contributed by atoms with van der Waals surface area (Å²) in [5.74, 6) is -0.306. The molecular weight excluding hydrogens is 265 g/mol. The fourth-order valence-corrected chi connectivity index (χ4v) is 2.29. The molecule has 0 aliphatic carbocycles. The summed E-state index contributed by atoms with van der Waals surface area (Å²) in [6, 6.07) is 16.2. The van der Waals surface area contributed by atoms with Crippen molar-refractivity contribution >= 4 is 11.4 Å². The second-order valence-corrected chi connectivity index (χ2v) is 4.89. The van der Waals surface area contributed by atoms with Crippen molar-refractivity contribution in [3.8, 4) is 6.07 Å². The lowest BCUT2D eigenvalue weighted by Gasteiger charge is -2.27. The van der Waals surface area contributed by atoms with Gasteiger partial charge in [0.15, 0.2) is 0 Å². The van der Waals surface area contributed by atoms with Gasteiger partial charge in [0, 0.05) is 24.0 Å². The third kappa shape index (κ3) is 3.59. The molecule has 108 valence electrons. The number of nitriles is 1. The quantitative estimate of drug-likeness (QED) is 0.905. The number of hydrogen-bond donors (Lipinski definition) is 1. The van der Waals surface area contributed by atoms with Crippen LogP contribution in [0.5, 0.6) is 0 Å². The summed E-state index contributed by atoms with van der Waals surface area (Å²) in [7, 11) is 0. The molecule has 0 amide bonds. The summed E-state index contributed by atoms with van der Waals surface area (Å²) in [6.45, 7) is 2.36. The van der Waals surface area contributed by atoms with E-state index in [0.717, 1.165) is 16.9 Å². The van der Waals surface area contributed by atoms with Gasteiger partial charge < -0.3 is 10.6 Å². The number of para-hydroxylation sites is 1. The standard InChI is InChI=1S/C17H18FN3/c1-13(20)16-12-14(18)8-9-17(16)21(11-5-10-19)15-6-3-2-4-7-15/h2-4,6-9,12-13H,5,11,20H2,1H3/t13-/m0/s1. The molecule has 0 fully saturated rings. The Bertz CT molecular complexity index is 632. The van der Waals surface area contributed by atoms with Crippen LogP contribution in [0.1, 0.15) is 24.9 Å². The Hall–Kier alpha value is -2.38. The molecule has 2 aromatic rings. The fourth-order valence-electron chi connectivity index (χ4n) is 2.29. The summed E-state index contributed by atoms with van der Waals surface area (Å²) >= 11 is 0. The molecule has 0 heterocycles. The zero-order valence-electron chi connectivity index (χ0n) is 12.0. The van der Waals surface area contributed by atoms with Crippen molar-refractivity contribution in [2.24, 2.45) is 5.73 Å². The van der Waals surface area contributed by atoms with Crippen LogP contribution in [-0.4, -0.2) is 6.54 Å². The predicted molar refractivity (Wildman–Crippen MR) is 82.7 cm³/mol. The van der Waals surface area contributed by atoms with Gasteiger partial charge in [-0.25, -0.2) is 4.39 Å². The van der Waals surface area contributed by atoms with E-state index in [-0.39, 0.29) is 11.9 Å². The van der Waals surface area contributed by atoms with Crippen molar-refractivity contribution in [2.75, 3.05) is 11.4 Å². The van der Waals surface area contributed by atoms with Crippen LogP contribution in [-0.2, 0) is 0 Å². The maximum atomic E-state index is 13.5. The summed E-state index contributed by atoms with van der Waals surface area (Å²) in [6.07, 6.45) is 0.380. The Morgan fingerprint density at radius 2 is 1.95 bits per heavy atom. The molecule has 0 radical (unpaired) electrons. The molecule has 2 aromatic carbocycles. The van der Waals surface area contributed by atoms with Crippen molar-refractivity contribution < 1.29 is 4.39 Å². The molecule has 0 aliphatic heterocycles. The number of hydrogen-bond acceptors (Lipinski definition) is 3.